The van der Waals surface area contributed by atoms with Crippen LogP contribution in [0.4, 0.5) is 5.69 Å². The van der Waals surface area contributed by atoms with E-state index in [0.29, 0.717) is 12.5 Å². The quantitative estimate of drug-likeness (QED) is 0.761. The molecule has 2 atom stereocenters. The summed E-state index contributed by atoms with van der Waals surface area (Å²) in [5.74, 6) is -1.76. The normalized spacial score (nSPS) is 19.1. The smallest absolute Gasteiger partial charge is 0.313 e. The molecule has 0 radical (unpaired) electrons. The fraction of sp³-hybridized carbons (Fsp3) is 0.368. The molecule has 148 valence electrons. The number of thiophene rings is 1. The second kappa shape index (κ2) is 8.39. The number of aromatic nitrogens is 1. The van der Waals surface area contributed by atoms with Gasteiger partial charge in [0.25, 0.3) is 5.91 Å². The van der Waals surface area contributed by atoms with Gasteiger partial charge >= 0.3 is 11.8 Å². The molecule has 0 spiro atoms. The molecule has 1 fully saturated rings. The number of nitrogens with two attached hydrogens (primary N) is 1. The maximum Gasteiger partial charge on any atom is 0.313 e. The Morgan fingerprint density at radius 2 is 2.14 bits per heavy atom. The Morgan fingerprint density at radius 3 is 2.79 bits per heavy atom. The lowest BCUT2D eigenvalue weighted by molar-refractivity contribution is -0.146. The van der Waals surface area contributed by atoms with Crippen LogP contribution in [0.5, 0.6) is 5.88 Å². The van der Waals surface area contributed by atoms with E-state index in [1.165, 1.54) is 19.4 Å². The van der Waals surface area contributed by atoms with Crippen molar-refractivity contribution < 1.29 is 19.1 Å². The number of amides is 3. The molecule has 1 unspecified atom stereocenters. The Hall–Kier alpha value is -2.94. The van der Waals surface area contributed by atoms with Gasteiger partial charge in [-0.15, -0.1) is 11.3 Å². The summed E-state index contributed by atoms with van der Waals surface area (Å²) in [6.07, 6.45) is 3.13. The molecular formula is C19H22N4O4S. The number of nitrogens with zero attached hydrogens (tertiary/aromatic N) is 2. The van der Waals surface area contributed by atoms with Gasteiger partial charge < -0.3 is 20.7 Å². The van der Waals surface area contributed by atoms with E-state index in [-0.39, 0.29) is 23.2 Å². The minimum Gasteiger partial charge on any atom is -0.480 e. The molecule has 1 saturated heterocycles. The second-order valence-corrected chi connectivity index (χ2v) is 7.75. The summed E-state index contributed by atoms with van der Waals surface area (Å²) >= 11 is 1.58. The van der Waals surface area contributed by atoms with Crippen LogP contribution in [0.1, 0.15) is 41.0 Å². The Morgan fingerprint density at radius 1 is 1.36 bits per heavy atom. The van der Waals surface area contributed by atoms with Gasteiger partial charge in [0.15, 0.2) is 0 Å². The van der Waals surface area contributed by atoms with Gasteiger partial charge in [-0.1, -0.05) is 13.0 Å². The summed E-state index contributed by atoms with van der Waals surface area (Å²) in [6, 6.07) is 5.16. The van der Waals surface area contributed by atoms with Gasteiger partial charge in [0, 0.05) is 11.4 Å². The summed E-state index contributed by atoms with van der Waals surface area (Å²) < 4.78 is 4.98. The van der Waals surface area contributed by atoms with Gasteiger partial charge in [0.2, 0.25) is 5.88 Å². The monoisotopic (exact) mass is 402 g/mol. The first kappa shape index (κ1) is 19.8. The molecule has 8 nitrogen and oxygen atoms in total. The van der Waals surface area contributed by atoms with E-state index in [1.54, 1.807) is 16.2 Å². The molecule has 9 heteroatoms. The Labute approximate surface area is 166 Å². The van der Waals surface area contributed by atoms with Gasteiger partial charge in [0.05, 0.1) is 25.0 Å². The Balaban J connectivity index is 1.78. The second-order valence-electron chi connectivity index (χ2n) is 6.77. The van der Waals surface area contributed by atoms with Gasteiger partial charge in [0.1, 0.15) is 5.56 Å². The van der Waals surface area contributed by atoms with Crippen LogP contribution in [0.25, 0.3) is 0 Å². The first-order valence-corrected chi connectivity index (χ1v) is 9.77. The molecule has 2 aromatic rings. The Kier molecular flexibility index (Phi) is 5.93. The number of pyridine rings is 1. The van der Waals surface area contributed by atoms with E-state index in [1.807, 2.05) is 17.5 Å². The van der Waals surface area contributed by atoms with E-state index in [9.17, 15) is 14.4 Å². The van der Waals surface area contributed by atoms with Crippen LogP contribution in [-0.2, 0) is 9.59 Å². The lowest BCUT2D eigenvalue weighted by atomic mass is 9.93. The van der Waals surface area contributed by atoms with Crippen LogP contribution in [0, 0.1) is 5.92 Å². The van der Waals surface area contributed by atoms with Crippen molar-refractivity contribution in [1.29, 1.82) is 0 Å². The molecule has 3 amide bonds. The first-order chi connectivity index (χ1) is 13.4. The lowest BCUT2D eigenvalue weighted by Crippen LogP contribution is -2.46. The van der Waals surface area contributed by atoms with Gasteiger partial charge in [-0.2, -0.15) is 0 Å². The van der Waals surface area contributed by atoms with Gasteiger partial charge in [-0.05, 0) is 36.3 Å². The van der Waals surface area contributed by atoms with E-state index < -0.39 is 17.7 Å². The summed E-state index contributed by atoms with van der Waals surface area (Å²) in [7, 11) is 1.36. The molecule has 0 bridgehead atoms. The first-order valence-electron chi connectivity index (χ1n) is 8.90. The van der Waals surface area contributed by atoms with Crippen molar-refractivity contribution in [3.05, 3.63) is 40.2 Å². The average molecular weight is 402 g/mol. The lowest BCUT2D eigenvalue weighted by Gasteiger charge is -2.37. The average Bonchev–Trinajstić information content (AvgIpc) is 3.21. The molecule has 0 aliphatic carbocycles. The van der Waals surface area contributed by atoms with Crippen LogP contribution in [0.15, 0.2) is 29.8 Å². The number of carbonyl (C=O) groups excluding carboxylic acids is 3. The van der Waals surface area contributed by atoms with E-state index in [2.05, 4.69) is 17.2 Å². The molecule has 1 aliphatic rings. The standard InChI is InChI=1S/C19H22N4O4S/c1-11-5-6-14(15-4-3-7-28-15)23(10-11)19(26)17(25)22-12-8-13(16(20)24)18(27-2)21-9-12/h3-4,7-9,11,14H,5-6,10H2,1-2H3,(H2,20,24)(H,22,25)/t11-,14?/m0/s1. The number of piperidine rings is 1. The zero-order valence-corrected chi connectivity index (χ0v) is 16.5. The van der Waals surface area contributed by atoms with Crippen molar-refractivity contribution in [2.24, 2.45) is 11.7 Å². The minimum absolute atomic E-state index is 0.0239. The van der Waals surface area contributed by atoms with Crippen LogP contribution in [0.2, 0.25) is 0 Å². The predicted octanol–water partition coefficient (Wildman–Crippen LogP) is 2.19. The van der Waals surface area contributed by atoms with Crippen LogP contribution in [-0.4, -0.2) is 41.3 Å². The van der Waals surface area contributed by atoms with Crippen molar-refractivity contribution in [2.45, 2.75) is 25.8 Å². The molecule has 3 heterocycles. The number of ether oxygens (including phenoxy) is 1. The fourth-order valence-electron chi connectivity index (χ4n) is 3.33. The summed E-state index contributed by atoms with van der Waals surface area (Å²) in [4.78, 5) is 43.6. The van der Waals surface area contributed by atoms with Crippen molar-refractivity contribution >= 4 is 34.7 Å². The largest absolute Gasteiger partial charge is 0.480 e. The summed E-state index contributed by atoms with van der Waals surface area (Å²) in [5.41, 5.74) is 5.53. The Bertz CT molecular complexity index is 884. The fourth-order valence-corrected chi connectivity index (χ4v) is 4.20. The highest BCUT2D eigenvalue weighted by molar-refractivity contribution is 7.10. The number of rotatable bonds is 4. The summed E-state index contributed by atoms with van der Waals surface area (Å²) in [6.45, 7) is 2.58. The molecule has 0 saturated carbocycles. The number of hydrogen-bond donors (Lipinski definition) is 2. The van der Waals surface area contributed by atoms with Gasteiger partial charge in [-0.3, -0.25) is 14.4 Å². The zero-order chi connectivity index (χ0) is 20.3. The number of methoxy groups -OCH3 is 1. The molecular weight excluding hydrogens is 380 g/mol. The topological polar surface area (TPSA) is 115 Å². The maximum atomic E-state index is 12.9. The molecule has 1 aliphatic heterocycles. The molecule has 28 heavy (non-hydrogen) atoms. The zero-order valence-electron chi connectivity index (χ0n) is 15.7. The summed E-state index contributed by atoms with van der Waals surface area (Å²) in [5, 5.41) is 4.48. The number of anilines is 1. The minimum atomic E-state index is -0.780. The highest BCUT2D eigenvalue weighted by Crippen LogP contribution is 2.35. The number of primary amides is 1. The van der Waals surface area contributed by atoms with E-state index >= 15 is 0 Å². The number of carbonyl (C=O) groups is 3. The van der Waals surface area contributed by atoms with Crippen LogP contribution in [0.3, 0.4) is 0 Å². The highest BCUT2D eigenvalue weighted by atomic mass is 32.1. The van der Waals surface area contributed by atoms with E-state index in [0.717, 1.165) is 17.7 Å². The number of nitrogens with one attached hydrogen (secondary N) is 1. The van der Waals surface area contributed by atoms with Crippen molar-refractivity contribution in [1.82, 2.24) is 9.88 Å². The third-order valence-electron chi connectivity index (χ3n) is 4.71. The molecule has 2 aromatic heterocycles. The molecule has 0 aromatic carbocycles. The number of hydrogen-bond acceptors (Lipinski definition) is 6. The van der Waals surface area contributed by atoms with Crippen molar-refractivity contribution in [3.63, 3.8) is 0 Å². The van der Waals surface area contributed by atoms with Crippen molar-refractivity contribution in [2.75, 3.05) is 19.0 Å². The van der Waals surface area contributed by atoms with Crippen molar-refractivity contribution in [3.8, 4) is 5.88 Å². The molecule has 3 rings (SSSR count). The number of likely N-dealkylation sites (tertiary alicyclic amines) is 1. The third kappa shape index (κ3) is 4.14. The predicted molar refractivity (Wildman–Crippen MR) is 105 cm³/mol. The van der Waals surface area contributed by atoms with Crippen LogP contribution < -0.4 is 15.8 Å². The van der Waals surface area contributed by atoms with Gasteiger partial charge in [-0.25, -0.2) is 4.98 Å². The highest BCUT2D eigenvalue weighted by Gasteiger charge is 2.34. The maximum absolute atomic E-state index is 12.9. The van der Waals surface area contributed by atoms with E-state index in [4.69, 9.17) is 10.5 Å². The SMILES string of the molecule is COc1ncc(NC(=O)C(=O)N2C[C@@H](C)CCC2c2cccs2)cc1C(N)=O. The third-order valence-corrected chi connectivity index (χ3v) is 5.69. The van der Waals surface area contributed by atoms with Crippen LogP contribution >= 0.6 is 11.3 Å². The molecule has 3 N–H and O–H groups in total.